The van der Waals surface area contributed by atoms with Gasteiger partial charge in [0.05, 0.1) is 12.9 Å². The summed E-state index contributed by atoms with van der Waals surface area (Å²) in [6, 6.07) is 11.1. The molecule has 2 N–H and O–H groups in total. The third-order valence-electron chi connectivity index (χ3n) is 2.49. The van der Waals surface area contributed by atoms with Crippen LogP contribution < -0.4 is 15.2 Å². The molecule has 2 rings (SSSR count). The SMILES string of the molecule is CCOc1ccc(OC(CN)c2ccco2)cc1. The van der Waals surface area contributed by atoms with E-state index < -0.39 is 0 Å². The van der Waals surface area contributed by atoms with Gasteiger partial charge in [0.15, 0.2) is 6.10 Å². The molecule has 0 saturated heterocycles. The number of benzene rings is 1. The monoisotopic (exact) mass is 247 g/mol. The lowest BCUT2D eigenvalue weighted by Gasteiger charge is -2.15. The fraction of sp³-hybridized carbons (Fsp3) is 0.286. The minimum atomic E-state index is -0.266. The Labute approximate surface area is 106 Å². The zero-order valence-electron chi connectivity index (χ0n) is 10.3. The van der Waals surface area contributed by atoms with E-state index in [4.69, 9.17) is 19.6 Å². The summed E-state index contributed by atoms with van der Waals surface area (Å²) >= 11 is 0. The first kappa shape index (κ1) is 12.5. The van der Waals surface area contributed by atoms with Crippen molar-refractivity contribution in [1.82, 2.24) is 0 Å². The minimum absolute atomic E-state index is 0.266. The van der Waals surface area contributed by atoms with Crippen LogP contribution in [-0.4, -0.2) is 13.2 Å². The lowest BCUT2D eigenvalue weighted by molar-refractivity contribution is 0.184. The van der Waals surface area contributed by atoms with E-state index in [9.17, 15) is 0 Å². The van der Waals surface area contributed by atoms with Crippen molar-refractivity contribution in [2.45, 2.75) is 13.0 Å². The Morgan fingerprint density at radius 2 is 1.89 bits per heavy atom. The number of nitrogens with two attached hydrogens (primary N) is 1. The molecule has 1 aromatic carbocycles. The second-order valence-corrected chi connectivity index (χ2v) is 3.76. The first-order valence-corrected chi connectivity index (χ1v) is 5.96. The molecule has 0 aliphatic rings. The molecular formula is C14H17NO3. The smallest absolute Gasteiger partial charge is 0.168 e. The van der Waals surface area contributed by atoms with E-state index in [1.807, 2.05) is 43.3 Å². The number of hydrogen-bond acceptors (Lipinski definition) is 4. The summed E-state index contributed by atoms with van der Waals surface area (Å²) in [5.74, 6) is 2.30. The summed E-state index contributed by atoms with van der Waals surface area (Å²) in [7, 11) is 0. The zero-order valence-corrected chi connectivity index (χ0v) is 10.3. The Balaban J connectivity index is 2.03. The largest absolute Gasteiger partial charge is 0.494 e. The van der Waals surface area contributed by atoms with Crippen LogP contribution in [0.15, 0.2) is 47.1 Å². The Hall–Kier alpha value is -1.94. The maximum atomic E-state index is 5.77. The maximum absolute atomic E-state index is 5.77. The Bertz CT molecular complexity index is 450. The first-order valence-electron chi connectivity index (χ1n) is 5.96. The predicted octanol–water partition coefficient (Wildman–Crippen LogP) is 2.76. The fourth-order valence-electron chi connectivity index (χ4n) is 1.64. The third-order valence-corrected chi connectivity index (χ3v) is 2.49. The predicted molar refractivity (Wildman–Crippen MR) is 68.7 cm³/mol. The quantitative estimate of drug-likeness (QED) is 0.852. The van der Waals surface area contributed by atoms with Gasteiger partial charge >= 0.3 is 0 Å². The fourth-order valence-corrected chi connectivity index (χ4v) is 1.64. The molecule has 0 bridgehead atoms. The van der Waals surface area contributed by atoms with Gasteiger partial charge in [0.2, 0.25) is 0 Å². The van der Waals surface area contributed by atoms with Gasteiger partial charge in [-0.15, -0.1) is 0 Å². The van der Waals surface area contributed by atoms with Gasteiger partial charge in [0.25, 0.3) is 0 Å². The number of rotatable bonds is 6. The molecular weight excluding hydrogens is 230 g/mol. The maximum Gasteiger partial charge on any atom is 0.168 e. The van der Waals surface area contributed by atoms with Gasteiger partial charge in [-0.3, -0.25) is 0 Å². The summed E-state index contributed by atoms with van der Waals surface area (Å²) in [5, 5.41) is 0. The Morgan fingerprint density at radius 1 is 1.17 bits per heavy atom. The molecule has 0 fully saturated rings. The van der Waals surface area contributed by atoms with Crippen LogP contribution >= 0.6 is 0 Å². The van der Waals surface area contributed by atoms with Gasteiger partial charge in [-0.05, 0) is 43.3 Å². The second-order valence-electron chi connectivity index (χ2n) is 3.76. The molecule has 0 amide bonds. The molecule has 1 atom stereocenters. The van der Waals surface area contributed by atoms with Crippen molar-refractivity contribution in [2.75, 3.05) is 13.2 Å². The number of furan rings is 1. The van der Waals surface area contributed by atoms with E-state index in [2.05, 4.69) is 0 Å². The van der Waals surface area contributed by atoms with Crippen molar-refractivity contribution in [3.8, 4) is 11.5 Å². The van der Waals surface area contributed by atoms with Crippen molar-refractivity contribution in [3.05, 3.63) is 48.4 Å². The van der Waals surface area contributed by atoms with Gasteiger partial charge in [-0.2, -0.15) is 0 Å². The Morgan fingerprint density at radius 3 is 2.44 bits per heavy atom. The van der Waals surface area contributed by atoms with Crippen LogP contribution in [0.1, 0.15) is 18.8 Å². The van der Waals surface area contributed by atoms with Crippen LogP contribution in [0.2, 0.25) is 0 Å². The lowest BCUT2D eigenvalue weighted by Crippen LogP contribution is -2.17. The normalized spacial score (nSPS) is 12.1. The number of ether oxygens (including phenoxy) is 2. The van der Waals surface area contributed by atoms with Crippen LogP contribution in [0.4, 0.5) is 0 Å². The molecule has 96 valence electrons. The summed E-state index contributed by atoms with van der Waals surface area (Å²) in [5.41, 5.74) is 5.68. The second kappa shape index (κ2) is 6.12. The van der Waals surface area contributed by atoms with Crippen LogP contribution in [0.5, 0.6) is 11.5 Å². The van der Waals surface area contributed by atoms with Gasteiger partial charge in [-0.25, -0.2) is 0 Å². The summed E-state index contributed by atoms with van der Waals surface area (Å²) in [6.07, 6.45) is 1.34. The van der Waals surface area contributed by atoms with Crippen LogP contribution in [0.3, 0.4) is 0 Å². The molecule has 18 heavy (non-hydrogen) atoms. The summed E-state index contributed by atoms with van der Waals surface area (Å²) < 4.78 is 16.4. The van der Waals surface area contributed by atoms with Gasteiger partial charge in [0, 0.05) is 6.54 Å². The highest BCUT2D eigenvalue weighted by Gasteiger charge is 2.14. The van der Waals surface area contributed by atoms with E-state index in [1.165, 1.54) is 0 Å². The topological polar surface area (TPSA) is 57.6 Å². The molecule has 1 unspecified atom stereocenters. The van der Waals surface area contributed by atoms with E-state index in [0.717, 1.165) is 17.3 Å². The highest BCUT2D eigenvalue weighted by molar-refractivity contribution is 5.31. The Kier molecular flexibility index (Phi) is 4.25. The van der Waals surface area contributed by atoms with Crippen LogP contribution in [0, 0.1) is 0 Å². The number of hydrogen-bond donors (Lipinski definition) is 1. The average molecular weight is 247 g/mol. The lowest BCUT2D eigenvalue weighted by atomic mass is 10.2. The van der Waals surface area contributed by atoms with Crippen molar-refractivity contribution in [2.24, 2.45) is 5.73 Å². The highest BCUT2D eigenvalue weighted by atomic mass is 16.5. The van der Waals surface area contributed by atoms with Crippen LogP contribution in [0.25, 0.3) is 0 Å². The van der Waals surface area contributed by atoms with E-state index in [-0.39, 0.29) is 6.10 Å². The average Bonchev–Trinajstić information content (AvgIpc) is 2.92. The molecule has 4 heteroatoms. The van der Waals surface area contributed by atoms with Gasteiger partial charge < -0.3 is 19.6 Å². The molecule has 1 heterocycles. The first-order chi connectivity index (χ1) is 8.83. The van der Waals surface area contributed by atoms with E-state index >= 15 is 0 Å². The van der Waals surface area contributed by atoms with Crippen LogP contribution in [-0.2, 0) is 0 Å². The van der Waals surface area contributed by atoms with Crippen molar-refractivity contribution >= 4 is 0 Å². The molecule has 0 aliphatic carbocycles. The zero-order chi connectivity index (χ0) is 12.8. The van der Waals surface area contributed by atoms with Gasteiger partial charge in [0.1, 0.15) is 17.3 Å². The molecule has 1 aromatic heterocycles. The molecule has 0 radical (unpaired) electrons. The molecule has 4 nitrogen and oxygen atoms in total. The minimum Gasteiger partial charge on any atom is -0.494 e. The molecule has 2 aromatic rings. The van der Waals surface area contributed by atoms with Crippen molar-refractivity contribution < 1.29 is 13.9 Å². The van der Waals surface area contributed by atoms with Gasteiger partial charge in [-0.1, -0.05) is 0 Å². The van der Waals surface area contributed by atoms with E-state index in [1.54, 1.807) is 6.26 Å². The highest BCUT2D eigenvalue weighted by Crippen LogP contribution is 2.23. The van der Waals surface area contributed by atoms with Crippen molar-refractivity contribution in [1.29, 1.82) is 0 Å². The summed E-state index contributed by atoms with van der Waals surface area (Å²) in [4.78, 5) is 0. The molecule has 0 spiro atoms. The molecule has 0 saturated carbocycles. The standard InChI is InChI=1S/C14H17NO3/c1-2-16-11-5-7-12(8-6-11)18-14(10-15)13-4-3-9-17-13/h3-9,14H,2,10,15H2,1H3. The van der Waals surface area contributed by atoms with E-state index in [0.29, 0.717) is 13.2 Å². The van der Waals surface area contributed by atoms with Crippen molar-refractivity contribution in [3.63, 3.8) is 0 Å². The molecule has 0 aliphatic heterocycles. The summed E-state index contributed by atoms with van der Waals surface area (Å²) in [6.45, 7) is 2.96. The third kappa shape index (κ3) is 3.05.